The molecule has 150 valence electrons. The predicted octanol–water partition coefficient (Wildman–Crippen LogP) is 3.90. The van der Waals surface area contributed by atoms with Gasteiger partial charge in [-0.3, -0.25) is 9.52 Å². The highest BCUT2D eigenvalue weighted by molar-refractivity contribution is 7.92. The minimum atomic E-state index is -4.33. The quantitative estimate of drug-likeness (QED) is 0.828. The number of amides is 1. The van der Waals surface area contributed by atoms with Gasteiger partial charge in [-0.1, -0.05) is 18.2 Å². The lowest BCUT2D eigenvalue weighted by atomic mass is 9.97. The Kier molecular flexibility index (Phi) is 5.64. The van der Waals surface area contributed by atoms with Crippen LogP contribution in [0.4, 0.5) is 18.9 Å². The van der Waals surface area contributed by atoms with Crippen LogP contribution in [0.5, 0.6) is 0 Å². The number of anilines is 1. The highest BCUT2D eigenvalue weighted by atomic mass is 32.2. The molecule has 28 heavy (non-hydrogen) atoms. The second kappa shape index (κ2) is 7.83. The van der Waals surface area contributed by atoms with Gasteiger partial charge in [-0.25, -0.2) is 8.42 Å². The molecule has 0 aromatic heterocycles. The van der Waals surface area contributed by atoms with Crippen molar-refractivity contribution in [2.45, 2.75) is 23.9 Å². The average Bonchev–Trinajstić information content (AvgIpc) is 2.67. The van der Waals surface area contributed by atoms with E-state index in [1.54, 1.807) is 30.3 Å². The summed E-state index contributed by atoms with van der Waals surface area (Å²) in [5.41, 5.74) is 0.552. The lowest BCUT2D eigenvalue weighted by Crippen LogP contribution is -2.44. The molecule has 3 rings (SSSR count). The van der Waals surface area contributed by atoms with E-state index in [4.69, 9.17) is 0 Å². The molecule has 2 aromatic carbocycles. The molecule has 1 N–H and O–H groups in total. The molecule has 1 saturated heterocycles. The fraction of sp³-hybridized carbons (Fsp3) is 0.316. The molecule has 0 unspecified atom stereocenters. The third-order valence-electron chi connectivity index (χ3n) is 4.61. The van der Waals surface area contributed by atoms with E-state index < -0.39 is 28.0 Å². The van der Waals surface area contributed by atoms with Crippen molar-refractivity contribution in [1.29, 1.82) is 0 Å². The molecule has 0 saturated carbocycles. The number of nitrogens with one attached hydrogen (secondary N) is 1. The van der Waals surface area contributed by atoms with Gasteiger partial charge in [0.25, 0.3) is 15.9 Å². The number of para-hydroxylation sites is 1. The Morgan fingerprint density at radius 3 is 2.29 bits per heavy atom. The second-order valence-electron chi connectivity index (χ2n) is 6.63. The average molecular weight is 412 g/mol. The summed E-state index contributed by atoms with van der Waals surface area (Å²) >= 11 is 0. The molecule has 5 nitrogen and oxygen atoms in total. The molecule has 1 amide bonds. The van der Waals surface area contributed by atoms with Crippen molar-refractivity contribution in [1.82, 2.24) is 4.90 Å². The molecule has 1 aliphatic rings. The Labute approximate surface area is 161 Å². The number of nitrogens with zero attached hydrogens (tertiary/aromatic N) is 1. The van der Waals surface area contributed by atoms with Gasteiger partial charge in [-0.15, -0.1) is 0 Å². The first-order valence-electron chi connectivity index (χ1n) is 8.71. The minimum absolute atomic E-state index is 0.00954. The highest BCUT2D eigenvalue weighted by Gasteiger charge is 2.42. The SMILES string of the molecule is O=C(c1ccc(S(=O)(=O)Nc2ccccc2)cc1)N1CCC[C@H](C(F)(F)F)C1. The van der Waals surface area contributed by atoms with Gasteiger partial charge < -0.3 is 4.90 Å². The number of rotatable bonds is 4. The molecule has 9 heteroatoms. The number of benzene rings is 2. The van der Waals surface area contributed by atoms with Crippen LogP contribution < -0.4 is 4.72 Å². The van der Waals surface area contributed by atoms with Crippen LogP contribution in [-0.2, 0) is 10.0 Å². The maximum atomic E-state index is 12.9. The van der Waals surface area contributed by atoms with E-state index >= 15 is 0 Å². The van der Waals surface area contributed by atoms with Crippen molar-refractivity contribution in [3.8, 4) is 0 Å². The summed E-state index contributed by atoms with van der Waals surface area (Å²) in [6.07, 6.45) is -4.04. The zero-order chi connectivity index (χ0) is 20.4. The van der Waals surface area contributed by atoms with E-state index in [9.17, 15) is 26.4 Å². The maximum absolute atomic E-state index is 12.9. The van der Waals surface area contributed by atoms with Gasteiger partial charge in [-0.05, 0) is 49.2 Å². The zero-order valence-electron chi connectivity index (χ0n) is 14.8. The van der Waals surface area contributed by atoms with Crippen molar-refractivity contribution in [3.63, 3.8) is 0 Å². The first-order valence-corrected chi connectivity index (χ1v) is 10.2. The van der Waals surface area contributed by atoms with Crippen molar-refractivity contribution in [3.05, 3.63) is 60.2 Å². The molecule has 1 heterocycles. The second-order valence-corrected chi connectivity index (χ2v) is 8.31. The summed E-state index contributed by atoms with van der Waals surface area (Å²) in [6, 6.07) is 13.5. The van der Waals surface area contributed by atoms with Crippen LogP contribution in [0.15, 0.2) is 59.5 Å². The molecular formula is C19H19F3N2O3S. The van der Waals surface area contributed by atoms with Crippen molar-refractivity contribution in [2.75, 3.05) is 17.8 Å². The Balaban J connectivity index is 1.72. The summed E-state index contributed by atoms with van der Waals surface area (Å²) in [7, 11) is -3.83. The van der Waals surface area contributed by atoms with Crippen molar-refractivity contribution >= 4 is 21.6 Å². The number of hydrogen-bond donors (Lipinski definition) is 1. The van der Waals surface area contributed by atoms with Crippen LogP contribution in [0, 0.1) is 5.92 Å². The lowest BCUT2D eigenvalue weighted by Gasteiger charge is -2.33. The number of hydrogen-bond acceptors (Lipinski definition) is 3. The van der Waals surface area contributed by atoms with E-state index in [2.05, 4.69) is 4.72 Å². The molecule has 0 spiro atoms. The number of likely N-dealkylation sites (tertiary alicyclic amines) is 1. The molecule has 1 atom stereocenters. The smallest absolute Gasteiger partial charge is 0.338 e. The van der Waals surface area contributed by atoms with Crippen LogP contribution in [0.3, 0.4) is 0 Å². The van der Waals surface area contributed by atoms with Gasteiger partial charge >= 0.3 is 6.18 Å². The van der Waals surface area contributed by atoms with Gasteiger partial charge in [0.2, 0.25) is 0 Å². The summed E-state index contributed by atoms with van der Waals surface area (Å²) in [5, 5.41) is 0. The van der Waals surface area contributed by atoms with E-state index in [1.807, 2.05) is 0 Å². The van der Waals surface area contributed by atoms with E-state index in [0.717, 1.165) is 0 Å². The van der Waals surface area contributed by atoms with Gasteiger partial charge in [-0.2, -0.15) is 13.2 Å². The number of carbonyl (C=O) groups is 1. The number of piperidine rings is 1. The van der Waals surface area contributed by atoms with Gasteiger partial charge in [0.1, 0.15) is 0 Å². The summed E-state index contributed by atoms with van der Waals surface area (Å²) < 4.78 is 66.0. The van der Waals surface area contributed by atoms with Gasteiger partial charge in [0.15, 0.2) is 0 Å². The van der Waals surface area contributed by atoms with Gasteiger partial charge in [0.05, 0.1) is 10.8 Å². The van der Waals surface area contributed by atoms with Gasteiger partial charge in [0, 0.05) is 24.3 Å². The highest BCUT2D eigenvalue weighted by Crippen LogP contribution is 2.33. The summed E-state index contributed by atoms with van der Waals surface area (Å²) in [6.45, 7) is -0.126. The molecule has 1 fully saturated rings. The number of carbonyl (C=O) groups excluding carboxylic acids is 1. The molecule has 0 bridgehead atoms. The topological polar surface area (TPSA) is 66.5 Å². The number of halogens is 3. The Bertz CT molecular complexity index is 929. The third kappa shape index (κ3) is 4.64. The Morgan fingerprint density at radius 2 is 1.68 bits per heavy atom. The van der Waals surface area contributed by atoms with Crippen LogP contribution in [0.1, 0.15) is 23.2 Å². The van der Waals surface area contributed by atoms with E-state index in [0.29, 0.717) is 5.69 Å². The first-order chi connectivity index (χ1) is 13.2. The van der Waals surface area contributed by atoms with Crippen LogP contribution in [0.2, 0.25) is 0 Å². The van der Waals surface area contributed by atoms with Crippen molar-refractivity contribution < 1.29 is 26.4 Å². The first kappa shape index (κ1) is 20.2. The zero-order valence-corrected chi connectivity index (χ0v) is 15.6. The number of alkyl halides is 3. The Morgan fingerprint density at radius 1 is 1.04 bits per heavy atom. The molecule has 1 aliphatic heterocycles. The number of sulfonamides is 1. The van der Waals surface area contributed by atoms with Crippen LogP contribution in [0.25, 0.3) is 0 Å². The molecular weight excluding hydrogens is 393 g/mol. The largest absolute Gasteiger partial charge is 0.393 e. The monoisotopic (exact) mass is 412 g/mol. The minimum Gasteiger partial charge on any atom is -0.338 e. The molecule has 0 aliphatic carbocycles. The van der Waals surface area contributed by atoms with E-state index in [-0.39, 0.29) is 36.4 Å². The van der Waals surface area contributed by atoms with Crippen molar-refractivity contribution in [2.24, 2.45) is 5.92 Å². The fourth-order valence-electron chi connectivity index (χ4n) is 3.11. The standard InChI is InChI=1S/C19H19F3N2O3S/c20-19(21,22)15-5-4-12-24(13-15)18(25)14-8-10-17(11-9-14)28(26,27)23-16-6-2-1-3-7-16/h1-3,6-11,15,23H,4-5,12-13H2/t15-/m0/s1. The maximum Gasteiger partial charge on any atom is 0.393 e. The predicted molar refractivity (Wildman–Crippen MR) is 98.4 cm³/mol. The van der Waals surface area contributed by atoms with E-state index in [1.165, 1.54) is 29.2 Å². The van der Waals surface area contributed by atoms with Crippen LogP contribution in [-0.4, -0.2) is 38.5 Å². The fourth-order valence-corrected chi connectivity index (χ4v) is 4.17. The lowest BCUT2D eigenvalue weighted by molar-refractivity contribution is -0.184. The Hall–Kier alpha value is -2.55. The molecule has 0 radical (unpaired) electrons. The summed E-state index contributed by atoms with van der Waals surface area (Å²) in [4.78, 5) is 13.6. The summed E-state index contributed by atoms with van der Waals surface area (Å²) in [5.74, 6) is -2.06. The normalized spacial score (nSPS) is 18.0. The third-order valence-corrected chi connectivity index (χ3v) is 6.01. The molecule has 2 aromatic rings. The van der Waals surface area contributed by atoms with Crippen LogP contribution >= 0.6 is 0 Å².